The molecule has 0 aromatic carbocycles. The predicted octanol–water partition coefficient (Wildman–Crippen LogP) is 1.66. The van der Waals surface area contributed by atoms with Gasteiger partial charge in [-0.3, -0.25) is 0 Å². The summed E-state index contributed by atoms with van der Waals surface area (Å²) >= 11 is 0.359. The summed E-state index contributed by atoms with van der Waals surface area (Å²) in [6, 6.07) is 0. The van der Waals surface area contributed by atoms with Crippen LogP contribution in [0.2, 0.25) is 4.31 Å². The van der Waals surface area contributed by atoms with Crippen molar-refractivity contribution in [3.05, 3.63) is 0 Å². The molecule has 1 fully saturated rings. The van der Waals surface area contributed by atoms with Crippen LogP contribution in [0.4, 0.5) is 0 Å². The van der Waals surface area contributed by atoms with Gasteiger partial charge in [0.15, 0.2) is 0 Å². The molecule has 4 heteroatoms. The van der Waals surface area contributed by atoms with Crippen LogP contribution in [0.1, 0.15) is 39.5 Å². The zero-order valence-electron chi connectivity index (χ0n) is 9.45. The number of hydrogen-bond donors (Lipinski definition) is 0. The molecule has 3 nitrogen and oxygen atoms in total. The fourth-order valence-corrected chi connectivity index (χ4v) is 4.45. The molecule has 2 aliphatic rings. The van der Waals surface area contributed by atoms with E-state index < -0.39 is 0 Å². The minimum absolute atomic E-state index is 0.0775. The number of rotatable bonds is 0. The Labute approximate surface area is 97.5 Å². The molecular formula is C11H18N2OSe. The first kappa shape index (κ1) is 11.2. The molecule has 0 aromatic heterocycles. The van der Waals surface area contributed by atoms with Crippen molar-refractivity contribution in [3.8, 4) is 0 Å². The third-order valence-corrected chi connectivity index (χ3v) is 5.37. The van der Waals surface area contributed by atoms with E-state index in [1.807, 2.05) is 0 Å². The van der Waals surface area contributed by atoms with Crippen molar-refractivity contribution in [1.82, 2.24) is 4.90 Å². The zero-order valence-corrected chi connectivity index (χ0v) is 11.2. The molecule has 2 aliphatic heterocycles. The molecule has 0 atom stereocenters. The van der Waals surface area contributed by atoms with Crippen molar-refractivity contribution < 1.29 is 4.79 Å². The molecular weight excluding hydrogens is 255 g/mol. The van der Waals surface area contributed by atoms with Gasteiger partial charge < -0.3 is 0 Å². The van der Waals surface area contributed by atoms with Crippen LogP contribution in [-0.4, -0.2) is 43.6 Å². The monoisotopic (exact) mass is 274 g/mol. The number of nitrogens with zero attached hydrogens (tertiary/aromatic N) is 2. The molecule has 0 aliphatic carbocycles. The van der Waals surface area contributed by atoms with Gasteiger partial charge in [0.2, 0.25) is 0 Å². The fraction of sp³-hybridized carbons (Fsp3) is 0.818. The van der Waals surface area contributed by atoms with Gasteiger partial charge in [0, 0.05) is 0 Å². The summed E-state index contributed by atoms with van der Waals surface area (Å²) in [5.41, 5.74) is 0. The van der Waals surface area contributed by atoms with Crippen molar-refractivity contribution in [2.24, 2.45) is 4.99 Å². The van der Waals surface area contributed by atoms with Crippen LogP contribution in [0.3, 0.4) is 0 Å². The Hall–Kier alpha value is -0.341. The molecule has 0 bridgehead atoms. The average molecular weight is 273 g/mol. The number of carbonyl (C=O) groups is 1. The maximum atomic E-state index is 11.5. The van der Waals surface area contributed by atoms with E-state index in [-0.39, 0.29) is 10.2 Å². The molecule has 2 rings (SSSR count). The second kappa shape index (κ2) is 4.26. The van der Waals surface area contributed by atoms with Crippen LogP contribution >= 0.6 is 0 Å². The minimum atomic E-state index is 0.0775. The molecule has 84 valence electrons. The van der Waals surface area contributed by atoms with E-state index in [1.54, 1.807) is 0 Å². The quantitative estimate of drug-likeness (QED) is 0.629. The first-order chi connectivity index (χ1) is 7.07. The van der Waals surface area contributed by atoms with Gasteiger partial charge >= 0.3 is 97.2 Å². The summed E-state index contributed by atoms with van der Waals surface area (Å²) in [4.78, 5) is 18.1. The summed E-state index contributed by atoms with van der Waals surface area (Å²) in [5, 5.41) is 0. The van der Waals surface area contributed by atoms with Crippen LogP contribution in [0.5, 0.6) is 0 Å². The van der Waals surface area contributed by atoms with E-state index >= 15 is 0 Å². The number of carbonyl (C=O) groups excluding carboxylic acids is 1. The van der Waals surface area contributed by atoms with Crippen molar-refractivity contribution in [1.29, 1.82) is 0 Å². The molecule has 0 N–H and O–H groups in total. The van der Waals surface area contributed by atoms with E-state index in [9.17, 15) is 4.79 Å². The Balaban J connectivity index is 2.10. The normalized spacial score (nSPS) is 26.4. The van der Waals surface area contributed by atoms with Gasteiger partial charge in [0.05, 0.1) is 0 Å². The summed E-state index contributed by atoms with van der Waals surface area (Å²) < 4.78 is 1.27. The van der Waals surface area contributed by atoms with E-state index in [0.717, 1.165) is 17.8 Å². The molecule has 1 saturated heterocycles. The molecule has 1 amide bonds. The molecule has 15 heavy (non-hydrogen) atoms. The Kier molecular flexibility index (Phi) is 3.17. The third kappa shape index (κ3) is 2.82. The summed E-state index contributed by atoms with van der Waals surface area (Å²) in [7, 11) is 0. The van der Waals surface area contributed by atoms with E-state index in [0.29, 0.717) is 21.4 Å². The van der Waals surface area contributed by atoms with Gasteiger partial charge in [-0.05, 0) is 0 Å². The summed E-state index contributed by atoms with van der Waals surface area (Å²) in [6.07, 6.45) is 4.46. The van der Waals surface area contributed by atoms with Crippen molar-refractivity contribution in [2.45, 2.75) is 43.8 Å². The molecule has 0 saturated carbocycles. The van der Waals surface area contributed by atoms with Crippen molar-refractivity contribution >= 4 is 25.6 Å². The van der Waals surface area contributed by atoms with Crippen molar-refractivity contribution in [2.75, 3.05) is 13.1 Å². The number of piperidine rings is 1. The fourth-order valence-electron chi connectivity index (χ4n) is 2.04. The standard InChI is InChI=1S/C11H18N2OSe/c1-11(2)8-9(14)12-10(15-11)13-6-4-3-5-7-13/h3-8H2,1-2H3. The third-order valence-electron chi connectivity index (χ3n) is 2.79. The van der Waals surface area contributed by atoms with Crippen LogP contribution in [0, 0.1) is 0 Å². The summed E-state index contributed by atoms with van der Waals surface area (Å²) in [5.74, 6) is 0.0775. The van der Waals surface area contributed by atoms with Crippen LogP contribution in [-0.2, 0) is 4.79 Å². The van der Waals surface area contributed by atoms with Gasteiger partial charge in [-0.2, -0.15) is 0 Å². The SMILES string of the molecule is CC1(C)CC(=O)N=C(N2CCCCC2)[Se]1. The first-order valence-corrected chi connectivity index (χ1v) is 7.34. The van der Waals surface area contributed by atoms with Crippen molar-refractivity contribution in [3.63, 3.8) is 0 Å². The maximum absolute atomic E-state index is 11.5. The Bertz CT molecular complexity index is 293. The average Bonchev–Trinajstić information content (AvgIpc) is 2.16. The summed E-state index contributed by atoms with van der Waals surface area (Å²) in [6.45, 7) is 6.57. The molecule has 0 radical (unpaired) electrons. The van der Waals surface area contributed by atoms with Gasteiger partial charge in [0.25, 0.3) is 0 Å². The first-order valence-electron chi connectivity index (χ1n) is 5.62. The van der Waals surface area contributed by atoms with E-state index in [2.05, 4.69) is 23.7 Å². The molecule has 0 unspecified atom stereocenters. The molecule has 0 spiro atoms. The van der Waals surface area contributed by atoms with Gasteiger partial charge in [-0.15, -0.1) is 0 Å². The van der Waals surface area contributed by atoms with Crippen LogP contribution in [0.25, 0.3) is 0 Å². The van der Waals surface area contributed by atoms with Crippen LogP contribution < -0.4 is 0 Å². The second-order valence-electron chi connectivity index (χ2n) is 4.87. The van der Waals surface area contributed by atoms with Gasteiger partial charge in [-0.25, -0.2) is 0 Å². The molecule has 2 heterocycles. The van der Waals surface area contributed by atoms with Gasteiger partial charge in [0.1, 0.15) is 0 Å². The number of aliphatic imine (C=N–C) groups is 1. The zero-order chi connectivity index (χ0) is 10.9. The van der Waals surface area contributed by atoms with E-state index in [4.69, 9.17) is 0 Å². The predicted molar refractivity (Wildman–Crippen MR) is 62.3 cm³/mol. The van der Waals surface area contributed by atoms with Gasteiger partial charge in [-0.1, -0.05) is 0 Å². The number of hydrogen-bond acceptors (Lipinski definition) is 2. The Morgan fingerprint density at radius 3 is 2.53 bits per heavy atom. The Morgan fingerprint density at radius 1 is 1.27 bits per heavy atom. The van der Waals surface area contributed by atoms with Crippen LogP contribution in [0.15, 0.2) is 4.99 Å². The topological polar surface area (TPSA) is 32.7 Å². The Morgan fingerprint density at radius 2 is 1.93 bits per heavy atom. The number of amidine groups is 1. The number of likely N-dealkylation sites (tertiary alicyclic amines) is 1. The van der Waals surface area contributed by atoms with E-state index in [1.165, 1.54) is 19.3 Å². The molecule has 0 aromatic rings. The number of amides is 1. The second-order valence-corrected chi connectivity index (χ2v) is 8.39.